The van der Waals surface area contributed by atoms with Gasteiger partial charge in [-0.1, -0.05) is 30.3 Å². The van der Waals surface area contributed by atoms with Crippen LogP contribution >= 0.6 is 0 Å². The molecule has 2 amide bonds. The smallest absolute Gasteiger partial charge is 0.264 e. The van der Waals surface area contributed by atoms with Crippen molar-refractivity contribution in [2.45, 2.75) is 23.8 Å². The van der Waals surface area contributed by atoms with Gasteiger partial charge in [0.15, 0.2) is 11.5 Å². The summed E-state index contributed by atoms with van der Waals surface area (Å²) in [6, 6.07) is 19.1. The van der Waals surface area contributed by atoms with Gasteiger partial charge < -0.3 is 24.8 Å². The average Bonchev–Trinajstić information content (AvgIpc) is 3.48. The monoisotopic (exact) mass is 553 g/mol. The highest BCUT2D eigenvalue weighted by Gasteiger charge is 2.29. The normalized spacial score (nSPS) is 14.9. The Balaban J connectivity index is 1.56. The van der Waals surface area contributed by atoms with Crippen molar-refractivity contribution < 1.29 is 32.2 Å². The average molecular weight is 554 g/mol. The van der Waals surface area contributed by atoms with Crippen LogP contribution in [0, 0.1) is 0 Å². The fraction of sp³-hybridized carbons (Fsp3) is 0.286. The van der Waals surface area contributed by atoms with Gasteiger partial charge in [-0.2, -0.15) is 0 Å². The molecule has 0 aliphatic carbocycles. The molecular formula is C28H31N3O7S. The first-order chi connectivity index (χ1) is 18.8. The Morgan fingerprint density at radius 3 is 2.38 bits per heavy atom. The minimum Gasteiger partial charge on any atom is -0.493 e. The molecule has 1 aliphatic rings. The molecule has 0 bridgehead atoms. The molecule has 0 unspecified atom stereocenters. The Hall–Kier alpha value is -4.09. The predicted octanol–water partition coefficient (Wildman–Crippen LogP) is 3.45. The van der Waals surface area contributed by atoms with E-state index in [-0.39, 0.29) is 33.9 Å². The van der Waals surface area contributed by atoms with E-state index in [9.17, 15) is 18.0 Å². The lowest BCUT2D eigenvalue weighted by Crippen LogP contribution is -2.38. The molecule has 39 heavy (non-hydrogen) atoms. The number of benzene rings is 3. The molecule has 3 aromatic rings. The summed E-state index contributed by atoms with van der Waals surface area (Å²) < 4.78 is 44.5. The third-order valence-corrected chi connectivity index (χ3v) is 8.00. The number of carbonyl (C=O) groups excluding carboxylic acids is 2. The molecule has 1 fully saturated rings. The van der Waals surface area contributed by atoms with Crippen molar-refractivity contribution in [3.8, 4) is 11.5 Å². The first-order valence-corrected chi connectivity index (χ1v) is 13.9. The lowest BCUT2D eigenvalue weighted by molar-refractivity contribution is -0.114. The highest BCUT2D eigenvalue weighted by Crippen LogP contribution is 2.32. The second-order valence-corrected chi connectivity index (χ2v) is 10.7. The molecule has 11 heteroatoms. The van der Waals surface area contributed by atoms with E-state index in [2.05, 4.69) is 10.6 Å². The minimum atomic E-state index is -4.20. The van der Waals surface area contributed by atoms with Crippen LogP contribution in [0.3, 0.4) is 0 Å². The first-order valence-electron chi connectivity index (χ1n) is 12.4. The van der Waals surface area contributed by atoms with Crippen molar-refractivity contribution in [1.29, 1.82) is 0 Å². The van der Waals surface area contributed by atoms with Crippen LogP contribution in [0.2, 0.25) is 0 Å². The molecular weight excluding hydrogens is 522 g/mol. The molecule has 3 aromatic carbocycles. The number of hydrogen-bond acceptors (Lipinski definition) is 7. The number of anilines is 2. The number of methoxy groups -OCH3 is 2. The summed E-state index contributed by atoms with van der Waals surface area (Å²) in [5.74, 6) is -0.379. The van der Waals surface area contributed by atoms with E-state index in [1.54, 1.807) is 54.6 Å². The van der Waals surface area contributed by atoms with Crippen molar-refractivity contribution in [2.24, 2.45) is 0 Å². The number of nitrogens with zero attached hydrogens (tertiary/aromatic N) is 1. The molecule has 1 atom stereocenters. The van der Waals surface area contributed by atoms with Gasteiger partial charge in [0.2, 0.25) is 5.91 Å². The topological polar surface area (TPSA) is 123 Å². The van der Waals surface area contributed by atoms with Gasteiger partial charge in [0.1, 0.15) is 6.54 Å². The van der Waals surface area contributed by atoms with E-state index in [1.807, 2.05) is 0 Å². The zero-order chi connectivity index (χ0) is 27.8. The molecule has 1 heterocycles. The fourth-order valence-corrected chi connectivity index (χ4v) is 5.67. The van der Waals surface area contributed by atoms with Crippen molar-refractivity contribution in [3.63, 3.8) is 0 Å². The second-order valence-electron chi connectivity index (χ2n) is 8.80. The number of carbonyl (C=O) groups is 2. The summed E-state index contributed by atoms with van der Waals surface area (Å²) in [4.78, 5) is 26.0. The van der Waals surface area contributed by atoms with Crippen molar-refractivity contribution in [1.82, 2.24) is 5.32 Å². The van der Waals surface area contributed by atoms with E-state index in [1.165, 1.54) is 32.4 Å². The summed E-state index contributed by atoms with van der Waals surface area (Å²) in [7, 11) is -1.34. The van der Waals surface area contributed by atoms with Gasteiger partial charge >= 0.3 is 0 Å². The van der Waals surface area contributed by atoms with Crippen LogP contribution in [-0.4, -0.2) is 60.3 Å². The number of para-hydroxylation sites is 2. The Kier molecular flexibility index (Phi) is 9.05. The Morgan fingerprint density at radius 1 is 0.974 bits per heavy atom. The third kappa shape index (κ3) is 6.68. The lowest BCUT2D eigenvalue weighted by atomic mass is 10.1. The number of hydrogen-bond donors (Lipinski definition) is 2. The van der Waals surface area contributed by atoms with Crippen LogP contribution in [0.25, 0.3) is 0 Å². The molecule has 2 N–H and O–H groups in total. The number of nitrogens with one attached hydrogen (secondary N) is 2. The van der Waals surface area contributed by atoms with Crippen LogP contribution in [-0.2, 0) is 19.6 Å². The maximum atomic E-state index is 13.7. The summed E-state index contributed by atoms with van der Waals surface area (Å²) in [6.45, 7) is 0.510. The van der Waals surface area contributed by atoms with Crippen molar-refractivity contribution in [2.75, 3.05) is 43.5 Å². The van der Waals surface area contributed by atoms with Gasteiger partial charge in [-0.15, -0.1) is 0 Å². The molecule has 1 saturated heterocycles. The quantitative estimate of drug-likeness (QED) is 0.373. The van der Waals surface area contributed by atoms with Gasteiger partial charge in [0, 0.05) is 19.2 Å². The molecule has 10 nitrogen and oxygen atoms in total. The van der Waals surface area contributed by atoms with Crippen LogP contribution in [0.15, 0.2) is 77.7 Å². The zero-order valence-electron chi connectivity index (χ0n) is 21.8. The van der Waals surface area contributed by atoms with E-state index >= 15 is 0 Å². The SMILES string of the molecule is COc1ccc(S(=O)(=O)N(CC(=O)Nc2ccccc2C(=O)NC[C@H]2CCCO2)c2ccccc2)cc1OC. The van der Waals surface area contributed by atoms with E-state index in [4.69, 9.17) is 14.2 Å². The van der Waals surface area contributed by atoms with Gasteiger partial charge in [-0.3, -0.25) is 13.9 Å². The fourth-order valence-electron chi connectivity index (χ4n) is 4.23. The molecule has 4 rings (SSSR count). The van der Waals surface area contributed by atoms with E-state index in [0.29, 0.717) is 24.6 Å². The highest BCUT2D eigenvalue weighted by molar-refractivity contribution is 7.92. The summed E-state index contributed by atoms with van der Waals surface area (Å²) in [5.41, 5.74) is 0.826. The second kappa shape index (κ2) is 12.6. The standard InChI is InChI=1S/C28H31N3O7S/c1-36-25-15-14-22(17-26(25)37-2)39(34,35)31(20-9-4-3-5-10-20)19-27(32)30-24-13-7-6-12-23(24)28(33)29-18-21-11-8-16-38-21/h3-7,9-10,12-15,17,21H,8,11,16,18-19H2,1-2H3,(H,29,33)(H,30,32)/t21-/m1/s1. The Labute approximate surface area is 227 Å². The third-order valence-electron chi connectivity index (χ3n) is 6.23. The summed E-state index contributed by atoms with van der Waals surface area (Å²) in [6.07, 6.45) is 1.80. The van der Waals surface area contributed by atoms with Crippen molar-refractivity contribution >= 4 is 33.2 Å². The highest BCUT2D eigenvalue weighted by atomic mass is 32.2. The Morgan fingerprint density at radius 2 is 1.69 bits per heavy atom. The van der Waals surface area contributed by atoms with Gasteiger partial charge in [-0.05, 0) is 49.2 Å². The molecule has 206 valence electrons. The van der Waals surface area contributed by atoms with Gasteiger partial charge in [0.25, 0.3) is 15.9 Å². The van der Waals surface area contributed by atoms with Crippen molar-refractivity contribution in [3.05, 3.63) is 78.4 Å². The maximum absolute atomic E-state index is 13.7. The molecule has 0 saturated carbocycles. The van der Waals surface area contributed by atoms with E-state index in [0.717, 1.165) is 17.1 Å². The molecule has 0 radical (unpaired) electrons. The number of rotatable bonds is 11. The largest absolute Gasteiger partial charge is 0.493 e. The molecule has 0 spiro atoms. The van der Waals surface area contributed by atoms with Crippen LogP contribution in [0.1, 0.15) is 23.2 Å². The lowest BCUT2D eigenvalue weighted by Gasteiger charge is -2.24. The van der Waals surface area contributed by atoms with Gasteiger partial charge in [-0.25, -0.2) is 8.42 Å². The number of sulfonamides is 1. The van der Waals surface area contributed by atoms with Gasteiger partial charge in [0.05, 0.1) is 42.2 Å². The number of ether oxygens (including phenoxy) is 3. The summed E-state index contributed by atoms with van der Waals surface area (Å²) >= 11 is 0. The zero-order valence-corrected chi connectivity index (χ0v) is 22.6. The van der Waals surface area contributed by atoms with Crippen LogP contribution in [0.5, 0.6) is 11.5 Å². The predicted molar refractivity (Wildman–Crippen MR) is 147 cm³/mol. The molecule has 0 aromatic heterocycles. The molecule has 1 aliphatic heterocycles. The van der Waals surface area contributed by atoms with Crippen LogP contribution < -0.4 is 24.4 Å². The van der Waals surface area contributed by atoms with Crippen LogP contribution in [0.4, 0.5) is 11.4 Å². The number of amides is 2. The minimum absolute atomic E-state index is 0.0306. The summed E-state index contributed by atoms with van der Waals surface area (Å²) in [5, 5.41) is 5.55. The Bertz CT molecular complexity index is 1410. The maximum Gasteiger partial charge on any atom is 0.264 e. The van der Waals surface area contributed by atoms with E-state index < -0.39 is 22.5 Å². The first kappa shape index (κ1) is 27.9.